The van der Waals surface area contributed by atoms with Gasteiger partial charge in [-0.1, -0.05) is 11.6 Å². The summed E-state index contributed by atoms with van der Waals surface area (Å²) in [6.07, 6.45) is 1.46. The fourth-order valence-corrected chi connectivity index (χ4v) is 2.66. The molecule has 1 heterocycles. The summed E-state index contributed by atoms with van der Waals surface area (Å²) < 4.78 is 10.3. The third-order valence-corrected chi connectivity index (χ3v) is 4.24. The van der Waals surface area contributed by atoms with Crippen molar-refractivity contribution in [2.45, 2.75) is 0 Å². The summed E-state index contributed by atoms with van der Waals surface area (Å²) >= 11 is 6.19. The van der Waals surface area contributed by atoms with Gasteiger partial charge in [-0.3, -0.25) is 4.79 Å². The first-order valence-corrected chi connectivity index (χ1v) is 8.81. The summed E-state index contributed by atoms with van der Waals surface area (Å²) in [5.74, 6) is 1.18. The van der Waals surface area contributed by atoms with Crippen LogP contribution in [0.2, 0.25) is 5.15 Å². The van der Waals surface area contributed by atoms with Crippen molar-refractivity contribution in [2.75, 3.05) is 26.1 Å². The monoisotopic (exact) mass is 398 g/mol. The molecular formula is C20H19ClN4O3. The number of rotatable bonds is 7. The molecule has 0 fully saturated rings. The summed E-state index contributed by atoms with van der Waals surface area (Å²) in [7, 11) is 3.20. The van der Waals surface area contributed by atoms with Crippen LogP contribution in [0.5, 0.6) is 11.5 Å². The lowest BCUT2D eigenvalue weighted by atomic mass is 10.1. The van der Waals surface area contributed by atoms with E-state index in [-0.39, 0.29) is 12.5 Å². The van der Waals surface area contributed by atoms with Crippen LogP contribution < -0.4 is 20.2 Å². The van der Waals surface area contributed by atoms with Crippen molar-refractivity contribution >= 4 is 40.3 Å². The second-order valence-electron chi connectivity index (χ2n) is 5.80. The van der Waals surface area contributed by atoms with Gasteiger partial charge in [-0.25, -0.2) is 10.4 Å². The summed E-state index contributed by atoms with van der Waals surface area (Å²) in [4.78, 5) is 16.3. The highest BCUT2D eigenvalue weighted by Crippen LogP contribution is 2.23. The topological polar surface area (TPSA) is 84.8 Å². The first-order chi connectivity index (χ1) is 13.6. The van der Waals surface area contributed by atoms with Crippen molar-refractivity contribution < 1.29 is 14.3 Å². The predicted molar refractivity (Wildman–Crippen MR) is 111 cm³/mol. The minimum Gasteiger partial charge on any atom is -0.497 e. The molecular weight excluding hydrogens is 380 g/mol. The normalized spacial score (nSPS) is 10.8. The van der Waals surface area contributed by atoms with Gasteiger partial charge < -0.3 is 14.8 Å². The number of anilines is 1. The summed E-state index contributed by atoms with van der Waals surface area (Å²) in [5, 5.41) is 8.11. The molecule has 0 aliphatic rings. The van der Waals surface area contributed by atoms with E-state index < -0.39 is 0 Å². The Morgan fingerprint density at radius 3 is 2.54 bits per heavy atom. The summed E-state index contributed by atoms with van der Waals surface area (Å²) in [6.45, 7) is 0.0740. The average molecular weight is 399 g/mol. The molecule has 0 aliphatic carbocycles. The maximum Gasteiger partial charge on any atom is 0.259 e. The Balaban J connectivity index is 1.59. The van der Waals surface area contributed by atoms with Crippen LogP contribution in [0.3, 0.4) is 0 Å². The van der Waals surface area contributed by atoms with Crippen LogP contribution in [-0.2, 0) is 4.79 Å². The van der Waals surface area contributed by atoms with Crippen LogP contribution in [0.1, 0.15) is 5.56 Å². The van der Waals surface area contributed by atoms with Gasteiger partial charge in [0.2, 0.25) is 0 Å². The highest BCUT2D eigenvalue weighted by Gasteiger charge is 2.05. The van der Waals surface area contributed by atoms with Crippen molar-refractivity contribution in [1.29, 1.82) is 0 Å². The number of ether oxygens (including phenoxy) is 2. The smallest absolute Gasteiger partial charge is 0.259 e. The van der Waals surface area contributed by atoms with Gasteiger partial charge in [-0.15, -0.1) is 0 Å². The zero-order chi connectivity index (χ0) is 19.9. The highest BCUT2D eigenvalue weighted by atomic mass is 35.5. The van der Waals surface area contributed by atoms with Crippen molar-refractivity contribution in [3.63, 3.8) is 0 Å². The number of nitrogens with one attached hydrogen (secondary N) is 2. The fraction of sp³-hybridized carbons (Fsp3) is 0.150. The van der Waals surface area contributed by atoms with E-state index in [2.05, 4.69) is 20.8 Å². The zero-order valence-electron chi connectivity index (χ0n) is 15.4. The van der Waals surface area contributed by atoms with Crippen LogP contribution in [0.15, 0.2) is 53.6 Å². The second kappa shape index (κ2) is 9.05. The molecule has 0 spiro atoms. The fourth-order valence-electron chi connectivity index (χ4n) is 2.47. The molecule has 2 N–H and O–H groups in total. The minimum atomic E-state index is -0.293. The summed E-state index contributed by atoms with van der Waals surface area (Å²) in [6, 6.07) is 14.6. The third kappa shape index (κ3) is 4.89. The van der Waals surface area contributed by atoms with E-state index in [1.165, 1.54) is 6.21 Å². The molecule has 7 nitrogen and oxygen atoms in total. The Morgan fingerprint density at radius 1 is 1.11 bits per heavy atom. The molecule has 28 heavy (non-hydrogen) atoms. The van der Waals surface area contributed by atoms with E-state index in [1.54, 1.807) is 14.2 Å². The molecule has 3 rings (SSSR count). The first-order valence-electron chi connectivity index (χ1n) is 8.43. The van der Waals surface area contributed by atoms with E-state index in [4.69, 9.17) is 21.1 Å². The number of pyridine rings is 1. The molecule has 3 aromatic rings. The average Bonchev–Trinajstić information content (AvgIpc) is 2.72. The maximum absolute atomic E-state index is 11.9. The number of methoxy groups -OCH3 is 2. The number of aromatic nitrogens is 1. The molecule has 1 amide bonds. The van der Waals surface area contributed by atoms with Gasteiger partial charge in [-0.05, 0) is 48.5 Å². The van der Waals surface area contributed by atoms with Crippen molar-refractivity contribution in [1.82, 2.24) is 10.4 Å². The lowest BCUT2D eigenvalue weighted by Crippen LogP contribution is -2.25. The quantitative estimate of drug-likeness (QED) is 0.361. The standard InChI is InChI=1S/C20H19ClN4O3/c1-27-16-5-3-15(4-6-16)22-12-19(26)25-23-11-14-9-13-10-17(28-2)7-8-18(13)24-20(14)21/h3-11,22H,12H2,1-2H3,(H,25,26)/b23-11-. The summed E-state index contributed by atoms with van der Waals surface area (Å²) in [5.41, 5.74) is 4.59. The molecule has 144 valence electrons. The number of hydrazone groups is 1. The SMILES string of the molecule is COc1ccc(NCC(=O)N/N=C\c2cc3cc(OC)ccc3nc2Cl)cc1. The Bertz CT molecular complexity index is 1010. The van der Waals surface area contributed by atoms with Gasteiger partial charge in [0.25, 0.3) is 5.91 Å². The Kier molecular flexibility index (Phi) is 6.29. The third-order valence-electron chi connectivity index (χ3n) is 3.94. The number of carbonyl (C=O) groups excluding carboxylic acids is 1. The number of amides is 1. The van der Waals surface area contributed by atoms with Gasteiger partial charge in [-0.2, -0.15) is 5.10 Å². The lowest BCUT2D eigenvalue weighted by molar-refractivity contribution is -0.119. The maximum atomic E-state index is 11.9. The predicted octanol–water partition coefficient (Wildman–Crippen LogP) is 3.47. The number of carbonyl (C=O) groups is 1. The number of benzene rings is 2. The molecule has 0 radical (unpaired) electrons. The molecule has 2 aromatic carbocycles. The Labute approximate surface area is 167 Å². The number of fused-ring (bicyclic) bond motifs is 1. The van der Waals surface area contributed by atoms with E-state index in [0.29, 0.717) is 10.7 Å². The molecule has 0 unspecified atom stereocenters. The Hall–Kier alpha value is -3.32. The largest absolute Gasteiger partial charge is 0.497 e. The van der Waals surface area contributed by atoms with Crippen LogP contribution in [0, 0.1) is 0 Å². The first kappa shape index (κ1) is 19.4. The van der Waals surface area contributed by atoms with E-state index in [1.807, 2.05) is 48.5 Å². The van der Waals surface area contributed by atoms with Crippen LogP contribution in [-0.4, -0.2) is 37.9 Å². The van der Waals surface area contributed by atoms with E-state index in [0.717, 1.165) is 28.1 Å². The molecule has 0 saturated carbocycles. The van der Waals surface area contributed by atoms with Crippen LogP contribution in [0.25, 0.3) is 10.9 Å². The molecule has 0 aliphatic heterocycles. The van der Waals surface area contributed by atoms with Gasteiger partial charge >= 0.3 is 0 Å². The molecule has 0 saturated heterocycles. The second-order valence-corrected chi connectivity index (χ2v) is 6.16. The number of halogens is 1. The van der Waals surface area contributed by atoms with Crippen molar-refractivity contribution in [2.24, 2.45) is 5.10 Å². The minimum absolute atomic E-state index is 0.0740. The zero-order valence-corrected chi connectivity index (χ0v) is 16.2. The molecule has 0 bridgehead atoms. The highest BCUT2D eigenvalue weighted by molar-refractivity contribution is 6.32. The number of hydrogen-bond donors (Lipinski definition) is 2. The molecule has 1 aromatic heterocycles. The van der Waals surface area contributed by atoms with Crippen LogP contribution >= 0.6 is 11.6 Å². The number of hydrogen-bond acceptors (Lipinski definition) is 6. The lowest BCUT2D eigenvalue weighted by Gasteiger charge is -2.06. The van der Waals surface area contributed by atoms with Gasteiger partial charge in [0.15, 0.2) is 0 Å². The van der Waals surface area contributed by atoms with E-state index in [9.17, 15) is 4.79 Å². The van der Waals surface area contributed by atoms with Gasteiger partial charge in [0, 0.05) is 16.6 Å². The number of nitrogens with zero attached hydrogens (tertiary/aromatic N) is 2. The van der Waals surface area contributed by atoms with E-state index >= 15 is 0 Å². The van der Waals surface area contributed by atoms with Crippen LogP contribution in [0.4, 0.5) is 5.69 Å². The van der Waals surface area contributed by atoms with Crippen molar-refractivity contribution in [3.8, 4) is 11.5 Å². The van der Waals surface area contributed by atoms with Gasteiger partial charge in [0.05, 0.1) is 32.5 Å². The van der Waals surface area contributed by atoms with Gasteiger partial charge in [0.1, 0.15) is 16.7 Å². The molecule has 8 heteroatoms. The van der Waals surface area contributed by atoms with Crippen molar-refractivity contribution in [3.05, 3.63) is 59.2 Å². The molecule has 0 atom stereocenters. The Morgan fingerprint density at radius 2 is 1.82 bits per heavy atom.